The molecule has 0 saturated heterocycles. The van der Waals surface area contributed by atoms with Crippen LogP contribution in [0.15, 0.2) is 59.5 Å². The number of aromatic nitrogens is 2. The van der Waals surface area contributed by atoms with Gasteiger partial charge < -0.3 is 10.6 Å². The van der Waals surface area contributed by atoms with Gasteiger partial charge in [0.2, 0.25) is 11.8 Å². The molecule has 1 heterocycles. The van der Waals surface area contributed by atoms with Crippen molar-refractivity contribution in [3.05, 3.63) is 81.8 Å². The molecule has 1 aromatic heterocycles. The van der Waals surface area contributed by atoms with Crippen molar-refractivity contribution in [2.45, 2.75) is 65.5 Å². The first-order valence-corrected chi connectivity index (χ1v) is 13.2. The van der Waals surface area contributed by atoms with Crippen LogP contribution in [0.4, 0.5) is 5.69 Å². The maximum atomic E-state index is 13.6. The second kappa shape index (κ2) is 12.0. The van der Waals surface area contributed by atoms with Gasteiger partial charge in [-0.05, 0) is 42.9 Å². The van der Waals surface area contributed by atoms with Gasteiger partial charge in [-0.2, -0.15) is 0 Å². The summed E-state index contributed by atoms with van der Waals surface area (Å²) >= 11 is 0. The van der Waals surface area contributed by atoms with E-state index in [0.717, 1.165) is 24.8 Å². The molecule has 2 N–H and O–H groups in total. The highest BCUT2D eigenvalue weighted by Crippen LogP contribution is 2.29. The molecule has 0 fully saturated rings. The van der Waals surface area contributed by atoms with Gasteiger partial charge in [0.05, 0.1) is 12.2 Å². The van der Waals surface area contributed by atoms with E-state index in [2.05, 4.69) is 21.7 Å². The Hall–Kier alpha value is -4.07. The molecule has 4 rings (SSSR count). The van der Waals surface area contributed by atoms with Gasteiger partial charge in [-0.3, -0.25) is 23.7 Å². The summed E-state index contributed by atoms with van der Waals surface area (Å²) in [6.07, 6.45) is 5.03. The third kappa shape index (κ3) is 5.90. The van der Waals surface area contributed by atoms with Crippen molar-refractivity contribution in [3.8, 4) is 11.4 Å². The van der Waals surface area contributed by atoms with Crippen molar-refractivity contribution in [3.63, 3.8) is 0 Å². The lowest BCUT2D eigenvalue weighted by atomic mass is 9.88. The predicted octanol–water partition coefficient (Wildman–Crippen LogP) is 4.68. The number of fused-ring (bicyclic) bond motifs is 1. The van der Waals surface area contributed by atoms with Crippen LogP contribution in [0.25, 0.3) is 11.4 Å². The lowest BCUT2D eigenvalue weighted by molar-refractivity contribution is -0.122. The largest absolute Gasteiger partial charge is 0.348 e. The highest BCUT2D eigenvalue weighted by Gasteiger charge is 2.23. The minimum atomic E-state index is -0.530. The quantitative estimate of drug-likeness (QED) is 0.403. The van der Waals surface area contributed by atoms with Crippen LogP contribution in [0.3, 0.4) is 0 Å². The Bertz CT molecular complexity index is 1410. The van der Waals surface area contributed by atoms with E-state index >= 15 is 0 Å². The van der Waals surface area contributed by atoms with E-state index in [1.54, 1.807) is 38.1 Å². The molecule has 1 aliphatic carbocycles. The highest BCUT2D eigenvalue weighted by atomic mass is 16.2. The van der Waals surface area contributed by atoms with Gasteiger partial charge in [-0.15, -0.1) is 0 Å². The molecule has 2 aromatic carbocycles. The number of amides is 2. The molecule has 8 heteroatoms. The molecule has 3 aromatic rings. The molecule has 8 nitrogen and oxygen atoms in total. The van der Waals surface area contributed by atoms with Crippen molar-refractivity contribution in [2.24, 2.45) is 5.92 Å². The van der Waals surface area contributed by atoms with E-state index in [1.165, 1.54) is 16.3 Å². The number of carbonyl (C=O) groups excluding carboxylic acids is 3. The van der Waals surface area contributed by atoms with E-state index in [9.17, 15) is 19.2 Å². The zero-order valence-corrected chi connectivity index (χ0v) is 22.1. The van der Waals surface area contributed by atoms with Gasteiger partial charge >= 0.3 is 0 Å². The molecule has 0 aliphatic heterocycles. The van der Waals surface area contributed by atoms with Crippen LogP contribution in [-0.4, -0.2) is 27.1 Å². The standard InChI is InChI=1S/C30H34N4O4/c1-4-19(3)29(37)33-25-17-31-28(22-13-8-12-21(16-22)26(35)5-2)34(30(25)38)18-27(36)32-24-15-9-11-20-10-6-7-14-23(20)24/h6-8,10,12-14,16-17,19,24H,4-5,9,11,15,18H2,1-3H3,(H,32,36)(H,33,37)/t19-,24-/m1/s1. The molecule has 2 atom stereocenters. The summed E-state index contributed by atoms with van der Waals surface area (Å²) in [5.74, 6) is -0.685. The average molecular weight is 515 g/mol. The summed E-state index contributed by atoms with van der Waals surface area (Å²) in [4.78, 5) is 56.2. The number of rotatable bonds is 9. The highest BCUT2D eigenvalue weighted by molar-refractivity contribution is 5.97. The number of hydrogen-bond acceptors (Lipinski definition) is 5. The lowest BCUT2D eigenvalue weighted by Crippen LogP contribution is -2.37. The molecule has 0 unspecified atom stereocenters. The maximum absolute atomic E-state index is 13.6. The first-order valence-electron chi connectivity index (χ1n) is 13.2. The van der Waals surface area contributed by atoms with Crippen LogP contribution >= 0.6 is 0 Å². The summed E-state index contributed by atoms with van der Waals surface area (Å²) in [5.41, 5.74) is 2.84. The fourth-order valence-corrected chi connectivity index (χ4v) is 4.72. The first-order chi connectivity index (χ1) is 18.3. The number of nitrogens with zero attached hydrogens (tertiary/aromatic N) is 2. The van der Waals surface area contributed by atoms with Crippen LogP contribution in [0.1, 0.15) is 74.0 Å². The van der Waals surface area contributed by atoms with E-state index in [0.29, 0.717) is 24.0 Å². The second-order valence-electron chi connectivity index (χ2n) is 9.75. The molecular formula is C30H34N4O4. The predicted molar refractivity (Wildman–Crippen MR) is 147 cm³/mol. The van der Waals surface area contributed by atoms with Crippen LogP contribution in [0, 0.1) is 5.92 Å². The van der Waals surface area contributed by atoms with Crippen LogP contribution < -0.4 is 16.2 Å². The molecule has 1 aliphatic rings. The van der Waals surface area contributed by atoms with Crippen molar-refractivity contribution in [1.82, 2.24) is 14.9 Å². The minimum absolute atomic E-state index is 0.00986. The zero-order chi connectivity index (χ0) is 27.2. The Kier molecular flexibility index (Phi) is 8.51. The van der Waals surface area contributed by atoms with Crippen molar-refractivity contribution >= 4 is 23.3 Å². The summed E-state index contributed by atoms with van der Waals surface area (Å²) in [5, 5.41) is 5.75. The molecule has 198 valence electrons. The van der Waals surface area contributed by atoms with Crippen molar-refractivity contribution < 1.29 is 14.4 Å². The van der Waals surface area contributed by atoms with Crippen molar-refractivity contribution in [2.75, 3.05) is 5.32 Å². The van der Waals surface area contributed by atoms with E-state index < -0.39 is 5.56 Å². The first kappa shape index (κ1) is 27.0. The van der Waals surface area contributed by atoms with E-state index in [4.69, 9.17) is 0 Å². The number of carbonyl (C=O) groups is 3. The van der Waals surface area contributed by atoms with Gasteiger partial charge in [0.25, 0.3) is 5.56 Å². The topological polar surface area (TPSA) is 110 Å². The summed E-state index contributed by atoms with van der Waals surface area (Å²) in [6, 6.07) is 14.8. The van der Waals surface area contributed by atoms with E-state index in [1.807, 2.05) is 25.1 Å². The Morgan fingerprint density at radius 1 is 1.11 bits per heavy atom. The molecule has 0 radical (unpaired) electrons. The van der Waals surface area contributed by atoms with Gasteiger partial charge in [0.1, 0.15) is 18.1 Å². The van der Waals surface area contributed by atoms with Gasteiger partial charge in [-0.25, -0.2) is 4.98 Å². The third-order valence-electron chi connectivity index (χ3n) is 7.14. The lowest BCUT2D eigenvalue weighted by Gasteiger charge is -2.26. The maximum Gasteiger partial charge on any atom is 0.278 e. The Balaban J connectivity index is 1.69. The molecule has 2 amide bonds. The van der Waals surface area contributed by atoms with E-state index in [-0.39, 0.29) is 47.6 Å². The summed E-state index contributed by atoms with van der Waals surface area (Å²) in [7, 11) is 0. The van der Waals surface area contributed by atoms with Crippen molar-refractivity contribution in [1.29, 1.82) is 0 Å². The minimum Gasteiger partial charge on any atom is -0.348 e. The number of benzene rings is 2. The SMILES string of the molecule is CCC(=O)c1cccc(-c2ncc(NC(=O)[C@H](C)CC)c(=O)n2CC(=O)N[C@@H]2CCCc3ccccc32)c1. The fourth-order valence-electron chi connectivity index (χ4n) is 4.72. The summed E-state index contributed by atoms with van der Waals surface area (Å²) < 4.78 is 1.27. The van der Waals surface area contributed by atoms with Gasteiger partial charge in [0, 0.05) is 23.5 Å². The number of nitrogens with one attached hydrogen (secondary N) is 2. The summed E-state index contributed by atoms with van der Waals surface area (Å²) in [6.45, 7) is 5.17. The molecule has 38 heavy (non-hydrogen) atoms. The third-order valence-corrected chi connectivity index (χ3v) is 7.14. The number of ketones is 1. The fraction of sp³-hybridized carbons (Fsp3) is 0.367. The molecule has 0 saturated carbocycles. The number of Topliss-reactive ketones (excluding diaryl/α,β-unsaturated/α-hetero) is 1. The Morgan fingerprint density at radius 2 is 1.89 bits per heavy atom. The number of hydrogen-bond donors (Lipinski definition) is 2. The number of anilines is 1. The average Bonchev–Trinajstić information content (AvgIpc) is 2.94. The van der Waals surface area contributed by atoms with Crippen LogP contribution in [0.2, 0.25) is 0 Å². The smallest absolute Gasteiger partial charge is 0.278 e. The molecule has 0 bridgehead atoms. The van der Waals surface area contributed by atoms with Gasteiger partial charge in [-0.1, -0.05) is 63.2 Å². The number of aryl methyl sites for hydroxylation is 1. The molecule has 0 spiro atoms. The van der Waals surface area contributed by atoms with Crippen LogP contribution in [0.5, 0.6) is 0 Å². The zero-order valence-electron chi connectivity index (χ0n) is 22.1. The second-order valence-corrected chi connectivity index (χ2v) is 9.75. The van der Waals surface area contributed by atoms with Crippen LogP contribution in [-0.2, 0) is 22.6 Å². The van der Waals surface area contributed by atoms with Gasteiger partial charge in [0.15, 0.2) is 5.78 Å². The molecular weight excluding hydrogens is 480 g/mol. The monoisotopic (exact) mass is 514 g/mol. The normalized spacial score (nSPS) is 15.3. The Morgan fingerprint density at radius 3 is 2.66 bits per heavy atom. The Labute approximate surface area is 222 Å².